The van der Waals surface area contributed by atoms with Crippen LogP contribution in [0.2, 0.25) is 0 Å². The van der Waals surface area contributed by atoms with Gasteiger partial charge in [0.05, 0.1) is 0 Å². The Bertz CT molecular complexity index is 613. The van der Waals surface area contributed by atoms with Crippen LogP contribution in [0.5, 0.6) is 0 Å². The fourth-order valence-electron chi connectivity index (χ4n) is 1.60. The van der Waals surface area contributed by atoms with E-state index in [0.29, 0.717) is 11.1 Å². The summed E-state index contributed by atoms with van der Waals surface area (Å²) in [7, 11) is 0. The van der Waals surface area contributed by atoms with Gasteiger partial charge in [-0.05, 0) is 35.4 Å². The van der Waals surface area contributed by atoms with E-state index in [1.807, 2.05) is 18.2 Å². The Morgan fingerprint density at radius 3 is 2.05 bits per heavy atom. The van der Waals surface area contributed by atoms with Crippen LogP contribution in [-0.2, 0) is 0 Å². The molecule has 94 valence electrons. The van der Waals surface area contributed by atoms with E-state index in [4.69, 9.17) is 11.6 Å². The maximum absolute atomic E-state index is 11.8. The molecule has 0 radical (unpaired) electrons. The molecule has 3 heteroatoms. The Labute approximate surface area is 116 Å². The Kier molecular flexibility index (Phi) is 4.26. The van der Waals surface area contributed by atoms with Gasteiger partial charge in [-0.1, -0.05) is 48.5 Å². The highest BCUT2D eigenvalue weighted by Gasteiger charge is 2.01. The summed E-state index contributed by atoms with van der Waals surface area (Å²) in [6.45, 7) is 0. The topological polar surface area (TPSA) is 34.1 Å². The van der Waals surface area contributed by atoms with Crippen molar-refractivity contribution in [2.24, 2.45) is 0 Å². The third-order valence-corrected chi connectivity index (χ3v) is 2.84. The molecule has 0 aliphatic carbocycles. The molecule has 2 rings (SSSR count). The van der Waals surface area contributed by atoms with Crippen molar-refractivity contribution in [3.05, 3.63) is 77.4 Å². The van der Waals surface area contributed by atoms with Gasteiger partial charge in [-0.2, -0.15) is 0 Å². The number of halogens is 1. The molecule has 0 bridgehead atoms. The molecule has 2 aromatic rings. The van der Waals surface area contributed by atoms with Gasteiger partial charge in [-0.25, -0.2) is 0 Å². The van der Waals surface area contributed by atoms with Gasteiger partial charge in [-0.15, -0.1) is 0 Å². The predicted molar refractivity (Wildman–Crippen MR) is 76.4 cm³/mol. The van der Waals surface area contributed by atoms with Crippen molar-refractivity contribution in [2.45, 2.75) is 0 Å². The Balaban J connectivity index is 2.10. The van der Waals surface area contributed by atoms with Crippen LogP contribution in [0.15, 0.2) is 60.7 Å². The minimum atomic E-state index is -0.490. The SMILES string of the molecule is O=C(Cl)c1ccc(/C=C/C(=O)c2ccccc2)cc1. The summed E-state index contributed by atoms with van der Waals surface area (Å²) < 4.78 is 0. The molecule has 0 atom stereocenters. The van der Waals surface area contributed by atoms with E-state index in [0.717, 1.165) is 5.56 Å². The minimum absolute atomic E-state index is 0.0573. The van der Waals surface area contributed by atoms with Gasteiger partial charge < -0.3 is 0 Å². The zero-order chi connectivity index (χ0) is 13.7. The van der Waals surface area contributed by atoms with E-state index in [2.05, 4.69) is 0 Å². The van der Waals surface area contributed by atoms with E-state index >= 15 is 0 Å². The summed E-state index contributed by atoms with van der Waals surface area (Å²) >= 11 is 5.35. The Hall–Kier alpha value is -2.19. The van der Waals surface area contributed by atoms with Crippen LogP contribution in [0.25, 0.3) is 6.08 Å². The summed E-state index contributed by atoms with van der Waals surface area (Å²) in [5.41, 5.74) is 1.92. The lowest BCUT2D eigenvalue weighted by atomic mass is 10.1. The number of benzene rings is 2. The second kappa shape index (κ2) is 6.12. The van der Waals surface area contributed by atoms with E-state index in [1.54, 1.807) is 42.5 Å². The van der Waals surface area contributed by atoms with Crippen molar-refractivity contribution < 1.29 is 9.59 Å². The first-order valence-corrected chi connectivity index (χ1v) is 6.12. The van der Waals surface area contributed by atoms with Crippen molar-refractivity contribution in [2.75, 3.05) is 0 Å². The molecule has 0 saturated carbocycles. The Morgan fingerprint density at radius 2 is 1.47 bits per heavy atom. The van der Waals surface area contributed by atoms with Gasteiger partial charge in [0.2, 0.25) is 0 Å². The Morgan fingerprint density at radius 1 is 0.842 bits per heavy atom. The maximum Gasteiger partial charge on any atom is 0.252 e. The number of carbonyl (C=O) groups is 2. The van der Waals surface area contributed by atoms with Crippen LogP contribution in [0, 0.1) is 0 Å². The van der Waals surface area contributed by atoms with E-state index in [9.17, 15) is 9.59 Å². The molecular formula is C16H11ClO2. The zero-order valence-electron chi connectivity index (χ0n) is 10.0. The molecule has 2 aromatic carbocycles. The van der Waals surface area contributed by atoms with Crippen LogP contribution in [-0.4, -0.2) is 11.0 Å². The van der Waals surface area contributed by atoms with Gasteiger partial charge >= 0.3 is 0 Å². The number of carbonyl (C=O) groups excluding carboxylic acids is 2. The molecule has 2 nitrogen and oxygen atoms in total. The number of hydrogen-bond acceptors (Lipinski definition) is 2. The molecule has 0 spiro atoms. The summed E-state index contributed by atoms with van der Waals surface area (Å²) in [5, 5.41) is -0.490. The molecule has 0 unspecified atom stereocenters. The third kappa shape index (κ3) is 3.63. The highest BCUT2D eigenvalue weighted by molar-refractivity contribution is 6.67. The fraction of sp³-hybridized carbons (Fsp3) is 0. The molecule has 0 aliphatic heterocycles. The lowest BCUT2D eigenvalue weighted by Crippen LogP contribution is -1.93. The summed E-state index contributed by atoms with van der Waals surface area (Å²) in [6, 6.07) is 15.8. The van der Waals surface area contributed by atoms with Crippen molar-refractivity contribution in [1.29, 1.82) is 0 Å². The average Bonchev–Trinajstić information content (AvgIpc) is 2.46. The molecular weight excluding hydrogens is 260 g/mol. The lowest BCUT2D eigenvalue weighted by molar-refractivity contribution is 0.104. The number of rotatable bonds is 4. The molecule has 0 aromatic heterocycles. The van der Waals surface area contributed by atoms with Gasteiger partial charge in [0, 0.05) is 11.1 Å². The van der Waals surface area contributed by atoms with Crippen molar-refractivity contribution in [3.63, 3.8) is 0 Å². The van der Waals surface area contributed by atoms with Crippen LogP contribution in [0.1, 0.15) is 26.3 Å². The van der Waals surface area contributed by atoms with E-state index in [1.165, 1.54) is 6.08 Å². The monoisotopic (exact) mass is 270 g/mol. The molecule has 19 heavy (non-hydrogen) atoms. The normalized spacial score (nSPS) is 10.6. The molecule has 0 aliphatic rings. The fourth-order valence-corrected chi connectivity index (χ4v) is 1.72. The van der Waals surface area contributed by atoms with Gasteiger partial charge in [0.1, 0.15) is 0 Å². The van der Waals surface area contributed by atoms with Gasteiger partial charge in [0.15, 0.2) is 5.78 Å². The van der Waals surface area contributed by atoms with Gasteiger partial charge in [0.25, 0.3) is 5.24 Å². The molecule has 0 saturated heterocycles. The number of hydrogen-bond donors (Lipinski definition) is 0. The molecule has 0 fully saturated rings. The smallest absolute Gasteiger partial charge is 0.252 e. The molecule has 0 heterocycles. The largest absolute Gasteiger partial charge is 0.289 e. The number of ketones is 1. The highest BCUT2D eigenvalue weighted by Crippen LogP contribution is 2.09. The maximum atomic E-state index is 11.8. The highest BCUT2D eigenvalue weighted by atomic mass is 35.5. The zero-order valence-corrected chi connectivity index (χ0v) is 10.8. The second-order valence-electron chi connectivity index (χ2n) is 3.96. The summed E-state index contributed by atoms with van der Waals surface area (Å²) in [4.78, 5) is 22.7. The average molecular weight is 271 g/mol. The third-order valence-electron chi connectivity index (χ3n) is 2.62. The first kappa shape index (κ1) is 13.2. The summed E-state index contributed by atoms with van der Waals surface area (Å²) in [6.07, 6.45) is 3.21. The number of allylic oxidation sites excluding steroid dienone is 1. The van der Waals surface area contributed by atoms with E-state index < -0.39 is 5.24 Å². The van der Waals surface area contributed by atoms with Crippen LogP contribution in [0.3, 0.4) is 0 Å². The van der Waals surface area contributed by atoms with Crippen LogP contribution < -0.4 is 0 Å². The standard InChI is InChI=1S/C16H11ClO2/c17-16(19)14-9-6-12(7-10-14)8-11-15(18)13-4-2-1-3-5-13/h1-11H/b11-8+. The van der Waals surface area contributed by atoms with Crippen LogP contribution in [0.4, 0.5) is 0 Å². The quantitative estimate of drug-likeness (QED) is 0.479. The molecule has 0 amide bonds. The summed E-state index contributed by atoms with van der Waals surface area (Å²) in [5.74, 6) is -0.0573. The van der Waals surface area contributed by atoms with Crippen molar-refractivity contribution in [3.8, 4) is 0 Å². The van der Waals surface area contributed by atoms with Crippen LogP contribution >= 0.6 is 11.6 Å². The van der Waals surface area contributed by atoms with Crippen molar-refractivity contribution >= 4 is 28.7 Å². The second-order valence-corrected chi connectivity index (χ2v) is 4.30. The van der Waals surface area contributed by atoms with Gasteiger partial charge in [-0.3, -0.25) is 9.59 Å². The van der Waals surface area contributed by atoms with Crippen molar-refractivity contribution in [1.82, 2.24) is 0 Å². The van der Waals surface area contributed by atoms with E-state index in [-0.39, 0.29) is 5.78 Å². The predicted octanol–water partition coefficient (Wildman–Crippen LogP) is 3.96. The molecule has 0 N–H and O–H groups in total. The first-order valence-electron chi connectivity index (χ1n) is 5.74. The first-order chi connectivity index (χ1) is 9.16. The minimum Gasteiger partial charge on any atom is -0.289 e. The lowest BCUT2D eigenvalue weighted by Gasteiger charge is -1.96.